The number of hydrogen-bond donors (Lipinski definition) is 0. The van der Waals surface area contributed by atoms with Gasteiger partial charge in [-0.25, -0.2) is 0 Å². The molecule has 6 heteroatoms. The number of Topliss-reactive ketones (excluding diaryl/α,β-unsaturated/α-hetero) is 1. The topological polar surface area (TPSA) is 57.3 Å². The molecule has 0 N–H and O–H groups in total. The van der Waals surface area contributed by atoms with E-state index in [0.29, 0.717) is 24.5 Å². The van der Waals surface area contributed by atoms with E-state index in [-0.39, 0.29) is 18.7 Å². The number of carbonyl (C=O) groups excluding carboxylic acids is 1. The second-order valence-electron chi connectivity index (χ2n) is 7.21. The molecule has 3 aromatic carbocycles. The molecule has 5 rings (SSSR count). The summed E-state index contributed by atoms with van der Waals surface area (Å²) in [4.78, 5) is 13.2. The molecule has 0 amide bonds. The molecule has 2 aliphatic rings. The van der Waals surface area contributed by atoms with Gasteiger partial charge in [0.05, 0.1) is 12.2 Å². The summed E-state index contributed by atoms with van der Waals surface area (Å²) < 4.78 is 23.7. The molecule has 2 aliphatic heterocycles. The Morgan fingerprint density at radius 1 is 1.07 bits per heavy atom. The second-order valence-corrected chi connectivity index (χ2v) is 8.12. The highest BCUT2D eigenvalue weighted by Gasteiger charge is 2.49. The van der Waals surface area contributed by atoms with Gasteiger partial charge in [-0.05, 0) is 29.8 Å². The van der Waals surface area contributed by atoms with Crippen molar-refractivity contribution in [3.8, 4) is 11.5 Å². The fourth-order valence-electron chi connectivity index (χ4n) is 3.65. The highest BCUT2D eigenvalue weighted by Crippen LogP contribution is 2.48. The summed E-state index contributed by atoms with van der Waals surface area (Å²) in [6.07, 6.45) is -0.902. The van der Waals surface area contributed by atoms with Gasteiger partial charge >= 0.3 is 0 Å². The van der Waals surface area contributed by atoms with Crippen LogP contribution in [0.1, 0.15) is 33.2 Å². The minimum Gasteiger partial charge on any atom is -0.488 e. The van der Waals surface area contributed by atoms with Gasteiger partial charge in [0.2, 0.25) is 0 Å². The van der Waals surface area contributed by atoms with E-state index in [9.17, 15) is 4.79 Å². The number of fused-ring (bicyclic) bond motifs is 1. The van der Waals surface area contributed by atoms with Gasteiger partial charge in [0.1, 0.15) is 24.2 Å². The fourth-order valence-corrected chi connectivity index (χ4v) is 4.18. The van der Waals surface area contributed by atoms with Gasteiger partial charge in [0.25, 0.3) is 0 Å². The second kappa shape index (κ2) is 8.22. The van der Waals surface area contributed by atoms with E-state index in [2.05, 4.69) is 15.9 Å². The summed E-state index contributed by atoms with van der Waals surface area (Å²) in [6, 6.07) is 21.1. The van der Waals surface area contributed by atoms with Crippen molar-refractivity contribution in [3.05, 3.63) is 93.5 Å². The van der Waals surface area contributed by atoms with Crippen molar-refractivity contribution >= 4 is 21.7 Å². The lowest BCUT2D eigenvalue weighted by atomic mass is 9.99. The molecular weight excluding hydrogens is 448 g/mol. The van der Waals surface area contributed by atoms with Crippen molar-refractivity contribution in [2.24, 2.45) is 0 Å². The zero-order valence-corrected chi connectivity index (χ0v) is 17.6. The molecule has 0 aromatic heterocycles. The van der Waals surface area contributed by atoms with Crippen molar-refractivity contribution in [1.29, 1.82) is 0 Å². The molecule has 3 aromatic rings. The predicted octanol–water partition coefficient (Wildman–Crippen LogP) is 5.22. The average Bonchev–Trinajstić information content (AvgIpc) is 3.58. The highest BCUT2D eigenvalue weighted by atomic mass is 79.9. The molecule has 0 bridgehead atoms. The summed E-state index contributed by atoms with van der Waals surface area (Å²) in [5, 5.41) is 0. The molecule has 1 saturated heterocycles. The van der Waals surface area contributed by atoms with Crippen molar-refractivity contribution in [2.45, 2.75) is 25.4 Å². The minimum atomic E-state index is -0.559. The average molecular weight is 467 g/mol. The van der Waals surface area contributed by atoms with E-state index in [4.69, 9.17) is 18.9 Å². The Balaban J connectivity index is 1.35. The van der Waals surface area contributed by atoms with E-state index in [1.54, 1.807) is 6.07 Å². The molecule has 5 nitrogen and oxygen atoms in total. The smallest absolute Gasteiger partial charge is 0.198 e. The van der Waals surface area contributed by atoms with Crippen LogP contribution in [0.3, 0.4) is 0 Å². The van der Waals surface area contributed by atoms with Crippen molar-refractivity contribution < 1.29 is 23.7 Å². The molecule has 0 radical (unpaired) electrons. The summed E-state index contributed by atoms with van der Waals surface area (Å²) in [5.74, 6) is 1.21. The molecule has 0 unspecified atom stereocenters. The van der Waals surface area contributed by atoms with Crippen molar-refractivity contribution in [1.82, 2.24) is 0 Å². The monoisotopic (exact) mass is 466 g/mol. The Morgan fingerprint density at radius 2 is 1.87 bits per heavy atom. The predicted molar refractivity (Wildman–Crippen MR) is 114 cm³/mol. The molecule has 152 valence electrons. The maximum Gasteiger partial charge on any atom is 0.198 e. The molecule has 2 heterocycles. The van der Waals surface area contributed by atoms with E-state index < -0.39 is 6.10 Å². The lowest BCUT2D eigenvalue weighted by molar-refractivity contribution is -0.0173. The minimum absolute atomic E-state index is 0.0931. The fraction of sp³-hybridized carbons (Fsp3) is 0.208. The zero-order chi connectivity index (χ0) is 20.5. The van der Waals surface area contributed by atoms with Crippen LogP contribution in [0, 0.1) is 0 Å². The Bertz CT molecular complexity index is 1080. The first-order valence-electron chi connectivity index (χ1n) is 9.69. The van der Waals surface area contributed by atoms with Gasteiger partial charge < -0.3 is 18.9 Å². The quantitative estimate of drug-likeness (QED) is 0.368. The van der Waals surface area contributed by atoms with Crippen LogP contribution in [0.25, 0.3) is 0 Å². The number of carbonyl (C=O) groups is 1. The van der Waals surface area contributed by atoms with Gasteiger partial charge in [-0.1, -0.05) is 58.4 Å². The normalized spacial score (nSPS) is 19.5. The lowest BCUT2D eigenvalue weighted by Crippen LogP contribution is -2.14. The van der Waals surface area contributed by atoms with Crippen LogP contribution in [-0.2, 0) is 22.7 Å². The molecular formula is C24H19BrO5. The summed E-state index contributed by atoms with van der Waals surface area (Å²) in [5.41, 5.74) is 3.37. The first-order chi connectivity index (χ1) is 14.7. The van der Waals surface area contributed by atoms with Gasteiger partial charge in [-0.15, -0.1) is 0 Å². The largest absolute Gasteiger partial charge is 0.488 e. The van der Waals surface area contributed by atoms with Gasteiger partial charge in [-0.3, -0.25) is 4.79 Å². The molecule has 0 aliphatic carbocycles. The van der Waals surface area contributed by atoms with E-state index >= 15 is 0 Å². The Kier molecular flexibility index (Phi) is 5.29. The number of benzene rings is 3. The number of rotatable bonds is 6. The van der Waals surface area contributed by atoms with E-state index in [0.717, 1.165) is 26.9 Å². The van der Waals surface area contributed by atoms with Crippen LogP contribution >= 0.6 is 15.9 Å². The van der Waals surface area contributed by atoms with E-state index in [1.165, 1.54) is 0 Å². The Morgan fingerprint density at radius 3 is 2.73 bits per heavy atom. The summed E-state index contributed by atoms with van der Waals surface area (Å²) in [6.45, 7) is 1.07. The number of epoxide rings is 1. The number of para-hydroxylation sites is 1. The first-order valence-corrected chi connectivity index (χ1v) is 10.5. The third kappa shape index (κ3) is 3.86. The van der Waals surface area contributed by atoms with Gasteiger partial charge in [0.15, 0.2) is 18.7 Å². The standard InChI is InChI=1S/C24H19BrO5/c25-17-10-16-13-27-14-29-22(16)19(11-17)23-24(30-23)21(26)18-8-4-5-9-20(18)28-12-15-6-2-1-3-7-15/h1-11,23-24H,12-14H2/t23-,24-/m0/s1. The maximum atomic E-state index is 13.2. The van der Waals surface area contributed by atoms with E-state index in [1.807, 2.05) is 60.7 Å². The molecule has 0 saturated carbocycles. The van der Waals surface area contributed by atoms with Crippen LogP contribution in [0.4, 0.5) is 0 Å². The number of ketones is 1. The van der Waals surface area contributed by atoms with Crippen LogP contribution in [0.2, 0.25) is 0 Å². The third-order valence-electron chi connectivity index (χ3n) is 5.15. The van der Waals surface area contributed by atoms with Crippen molar-refractivity contribution in [2.75, 3.05) is 6.79 Å². The zero-order valence-electron chi connectivity index (χ0n) is 16.0. The first kappa shape index (κ1) is 19.3. The Labute approximate surface area is 182 Å². The van der Waals surface area contributed by atoms with Crippen LogP contribution in [-0.4, -0.2) is 18.7 Å². The Hall–Kier alpha value is -2.67. The maximum absolute atomic E-state index is 13.2. The summed E-state index contributed by atoms with van der Waals surface area (Å²) >= 11 is 3.52. The molecule has 1 fully saturated rings. The number of hydrogen-bond acceptors (Lipinski definition) is 5. The summed E-state index contributed by atoms with van der Waals surface area (Å²) in [7, 11) is 0. The van der Waals surface area contributed by atoms with Crippen LogP contribution in [0.5, 0.6) is 11.5 Å². The number of ether oxygens (including phenoxy) is 4. The third-order valence-corrected chi connectivity index (χ3v) is 5.61. The van der Waals surface area contributed by atoms with Gasteiger partial charge in [0, 0.05) is 15.6 Å². The van der Waals surface area contributed by atoms with Crippen LogP contribution < -0.4 is 9.47 Å². The highest BCUT2D eigenvalue weighted by molar-refractivity contribution is 9.10. The molecule has 0 spiro atoms. The SMILES string of the molecule is O=C(c1ccccc1OCc1ccccc1)[C@@H]1O[C@H]1c1cc(Br)cc2c1OCOC2. The van der Waals surface area contributed by atoms with Gasteiger partial charge in [-0.2, -0.15) is 0 Å². The molecule has 30 heavy (non-hydrogen) atoms. The molecule has 2 atom stereocenters. The number of halogens is 1. The van der Waals surface area contributed by atoms with Crippen LogP contribution in [0.15, 0.2) is 71.2 Å². The lowest BCUT2D eigenvalue weighted by Gasteiger charge is -2.20. The van der Waals surface area contributed by atoms with Crippen molar-refractivity contribution in [3.63, 3.8) is 0 Å².